The van der Waals surface area contributed by atoms with Crippen molar-refractivity contribution in [2.75, 3.05) is 47.6 Å². The summed E-state index contributed by atoms with van der Waals surface area (Å²) in [5.41, 5.74) is 4.37. The molecule has 0 aliphatic heterocycles. The van der Waals surface area contributed by atoms with Crippen molar-refractivity contribution in [3.63, 3.8) is 0 Å². The van der Waals surface area contributed by atoms with Crippen LogP contribution in [0.3, 0.4) is 0 Å². The van der Waals surface area contributed by atoms with Gasteiger partial charge in [-0.25, -0.2) is 9.97 Å². The number of aromatic nitrogens is 2. The van der Waals surface area contributed by atoms with Crippen LogP contribution >= 0.6 is 0 Å². The van der Waals surface area contributed by atoms with Crippen LogP contribution in [-0.4, -0.2) is 37.2 Å². The lowest BCUT2D eigenvalue weighted by Crippen LogP contribution is -2.21. The Hall–Kier alpha value is -3.28. The number of anilines is 6. The van der Waals surface area contributed by atoms with E-state index in [9.17, 15) is 0 Å². The molecule has 0 bridgehead atoms. The summed E-state index contributed by atoms with van der Waals surface area (Å²) in [7, 11) is 4.06. The second-order valence-electron chi connectivity index (χ2n) is 7.10. The molecule has 2 aromatic carbocycles. The van der Waals surface area contributed by atoms with Crippen molar-refractivity contribution in [3.05, 3.63) is 60.4 Å². The molecule has 2 N–H and O–H groups in total. The van der Waals surface area contributed by atoms with Gasteiger partial charge in [0, 0.05) is 56.0 Å². The molecule has 0 amide bonds. The highest BCUT2D eigenvalue weighted by atomic mass is 15.1. The minimum absolute atomic E-state index is 0.710. The highest BCUT2D eigenvalue weighted by molar-refractivity contribution is 5.66. The van der Waals surface area contributed by atoms with Crippen LogP contribution in [0.25, 0.3) is 0 Å². The van der Waals surface area contributed by atoms with Gasteiger partial charge in [-0.15, -0.1) is 0 Å². The van der Waals surface area contributed by atoms with Gasteiger partial charge in [0.25, 0.3) is 0 Å². The van der Waals surface area contributed by atoms with Gasteiger partial charge >= 0.3 is 0 Å². The molecule has 3 rings (SSSR count). The molecule has 3 aromatic rings. The Morgan fingerprint density at radius 2 is 1.17 bits per heavy atom. The average Bonchev–Trinajstić information content (AvgIpc) is 2.70. The molecule has 0 spiro atoms. The number of aryl methyl sites for hydroxylation is 1. The van der Waals surface area contributed by atoms with Gasteiger partial charge in [0.1, 0.15) is 17.5 Å². The second-order valence-corrected chi connectivity index (χ2v) is 7.10. The topological polar surface area (TPSA) is 56.3 Å². The van der Waals surface area contributed by atoms with Crippen LogP contribution in [0.2, 0.25) is 0 Å². The lowest BCUT2D eigenvalue weighted by Gasteiger charge is -2.21. The highest BCUT2D eigenvalue weighted by Crippen LogP contribution is 2.24. The van der Waals surface area contributed by atoms with Gasteiger partial charge in [-0.05, 0) is 69.3 Å². The Bertz CT molecular complexity index is 915. The van der Waals surface area contributed by atoms with Crippen LogP contribution in [0.4, 0.5) is 34.4 Å². The molecule has 1 heterocycles. The summed E-state index contributed by atoms with van der Waals surface area (Å²) in [5.74, 6) is 2.24. The van der Waals surface area contributed by atoms with Crippen LogP contribution in [-0.2, 0) is 0 Å². The van der Waals surface area contributed by atoms with Crippen LogP contribution in [0, 0.1) is 6.92 Å². The van der Waals surface area contributed by atoms with Crippen molar-refractivity contribution >= 4 is 34.4 Å². The third kappa shape index (κ3) is 5.38. The molecule has 0 unspecified atom stereocenters. The standard InChI is InChI=1S/C23H30N6/c1-6-29(7-2)21-14-10-19(11-15-21)27-23-16-22(24-17(3)25-23)26-18-8-12-20(13-9-18)28(4)5/h8-16H,6-7H2,1-5H3,(H2,24,25,26,27). The number of benzene rings is 2. The van der Waals surface area contributed by atoms with Crippen molar-refractivity contribution in [2.45, 2.75) is 20.8 Å². The van der Waals surface area contributed by atoms with Gasteiger partial charge in [0.2, 0.25) is 0 Å². The Labute approximate surface area is 173 Å². The summed E-state index contributed by atoms with van der Waals surface area (Å²) < 4.78 is 0. The summed E-state index contributed by atoms with van der Waals surface area (Å²) in [6.07, 6.45) is 0. The summed E-state index contributed by atoms with van der Waals surface area (Å²) in [6, 6.07) is 18.6. The zero-order valence-corrected chi connectivity index (χ0v) is 17.9. The third-order valence-corrected chi connectivity index (χ3v) is 4.76. The average molecular weight is 391 g/mol. The summed E-state index contributed by atoms with van der Waals surface area (Å²) in [4.78, 5) is 13.4. The molecule has 0 aliphatic carbocycles. The van der Waals surface area contributed by atoms with Crippen molar-refractivity contribution in [1.82, 2.24) is 9.97 Å². The number of hydrogen-bond acceptors (Lipinski definition) is 6. The number of nitrogens with one attached hydrogen (secondary N) is 2. The molecular formula is C23H30N6. The number of rotatable bonds is 8. The zero-order chi connectivity index (χ0) is 20.8. The van der Waals surface area contributed by atoms with Gasteiger partial charge in [-0.1, -0.05) is 0 Å². The van der Waals surface area contributed by atoms with E-state index in [-0.39, 0.29) is 0 Å². The van der Waals surface area contributed by atoms with Gasteiger partial charge in [-0.2, -0.15) is 0 Å². The predicted molar refractivity (Wildman–Crippen MR) is 124 cm³/mol. The smallest absolute Gasteiger partial charge is 0.136 e. The maximum atomic E-state index is 4.52. The van der Waals surface area contributed by atoms with Crippen LogP contribution in [0.1, 0.15) is 19.7 Å². The largest absolute Gasteiger partial charge is 0.378 e. The molecule has 6 nitrogen and oxygen atoms in total. The van der Waals surface area contributed by atoms with E-state index in [1.54, 1.807) is 0 Å². The first-order valence-corrected chi connectivity index (χ1v) is 10.0. The fourth-order valence-electron chi connectivity index (χ4n) is 3.18. The summed E-state index contributed by atoms with van der Waals surface area (Å²) >= 11 is 0. The molecule has 152 valence electrons. The van der Waals surface area contributed by atoms with Gasteiger partial charge in [0.05, 0.1) is 0 Å². The van der Waals surface area contributed by atoms with Crippen LogP contribution in [0.15, 0.2) is 54.6 Å². The van der Waals surface area contributed by atoms with E-state index in [1.807, 2.05) is 39.2 Å². The second kappa shape index (κ2) is 9.28. The predicted octanol–water partition coefficient (Wildman–Crippen LogP) is 5.18. The summed E-state index contributed by atoms with van der Waals surface area (Å²) in [6.45, 7) is 8.23. The molecule has 0 saturated carbocycles. The minimum atomic E-state index is 0.710. The number of nitrogens with zero attached hydrogens (tertiary/aromatic N) is 4. The van der Waals surface area contributed by atoms with E-state index in [2.05, 4.69) is 80.6 Å². The molecule has 1 aromatic heterocycles. The first-order valence-electron chi connectivity index (χ1n) is 10.0. The van der Waals surface area contributed by atoms with E-state index in [0.717, 1.165) is 41.8 Å². The lowest BCUT2D eigenvalue weighted by atomic mass is 10.2. The molecular weight excluding hydrogens is 360 g/mol. The summed E-state index contributed by atoms with van der Waals surface area (Å²) in [5, 5.41) is 6.74. The molecule has 0 fully saturated rings. The van der Waals surface area contributed by atoms with E-state index >= 15 is 0 Å². The Morgan fingerprint density at radius 3 is 1.59 bits per heavy atom. The normalized spacial score (nSPS) is 10.5. The fourth-order valence-corrected chi connectivity index (χ4v) is 3.18. The van der Waals surface area contributed by atoms with Crippen LogP contribution in [0.5, 0.6) is 0 Å². The van der Waals surface area contributed by atoms with E-state index in [1.165, 1.54) is 5.69 Å². The molecule has 6 heteroatoms. The first-order chi connectivity index (χ1) is 14.0. The van der Waals surface area contributed by atoms with Gasteiger partial charge in [-0.3, -0.25) is 0 Å². The Balaban J connectivity index is 1.73. The highest BCUT2D eigenvalue weighted by Gasteiger charge is 2.05. The van der Waals surface area contributed by atoms with E-state index in [0.29, 0.717) is 5.82 Å². The molecule has 29 heavy (non-hydrogen) atoms. The zero-order valence-electron chi connectivity index (χ0n) is 17.9. The SMILES string of the molecule is CCN(CC)c1ccc(Nc2cc(Nc3ccc(N(C)C)cc3)nc(C)n2)cc1. The lowest BCUT2D eigenvalue weighted by molar-refractivity contribution is 0.866. The van der Waals surface area contributed by atoms with Crippen molar-refractivity contribution < 1.29 is 0 Å². The Kier molecular flexibility index (Phi) is 6.54. The molecule has 0 radical (unpaired) electrons. The molecule has 0 aliphatic rings. The van der Waals surface area contributed by atoms with Crippen molar-refractivity contribution in [3.8, 4) is 0 Å². The van der Waals surface area contributed by atoms with Gasteiger partial charge < -0.3 is 20.4 Å². The molecule has 0 saturated heterocycles. The minimum Gasteiger partial charge on any atom is -0.378 e. The monoisotopic (exact) mass is 390 g/mol. The number of hydrogen-bond donors (Lipinski definition) is 2. The van der Waals surface area contributed by atoms with Crippen LogP contribution < -0.4 is 20.4 Å². The van der Waals surface area contributed by atoms with E-state index < -0.39 is 0 Å². The Morgan fingerprint density at radius 1 is 0.724 bits per heavy atom. The van der Waals surface area contributed by atoms with E-state index in [4.69, 9.17) is 0 Å². The van der Waals surface area contributed by atoms with Crippen molar-refractivity contribution in [2.24, 2.45) is 0 Å². The maximum absolute atomic E-state index is 4.52. The van der Waals surface area contributed by atoms with Gasteiger partial charge in [0.15, 0.2) is 0 Å². The van der Waals surface area contributed by atoms with Crippen molar-refractivity contribution in [1.29, 1.82) is 0 Å². The third-order valence-electron chi connectivity index (χ3n) is 4.76. The first kappa shape index (κ1) is 20.5. The quantitative estimate of drug-likeness (QED) is 0.552. The fraction of sp³-hybridized carbons (Fsp3) is 0.304. The maximum Gasteiger partial charge on any atom is 0.136 e. The molecule has 0 atom stereocenters.